The molecule has 4 nitrogen and oxygen atoms in total. The van der Waals surface area contributed by atoms with Crippen LogP contribution >= 0.6 is 27.5 Å². The molecule has 1 amide bonds. The monoisotopic (exact) mass is 349 g/mol. The molecule has 0 atom stereocenters. The van der Waals surface area contributed by atoms with E-state index in [1.165, 1.54) is 0 Å². The largest absolute Gasteiger partial charge is 0.329 e. The zero-order valence-corrected chi connectivity index (χ0v) is 12.5. The number of H-pyrrole nitrogens is 1. The molecule has 6 heteroatoms. The van der Waals surface area contributed by atoms with E-state index in [2.05, 4.69) is 31.2 Å². The summed E-state index contributed by atoms with van der Waals surface area (Å²) < 4.78 is 0.753. The molecule has 0 aliphatic heterocycles. The Labute approximate surface area is 128 Å². The van der Waals surface area contributed by atoms with Crippen LogP contribution in [0.15, 0.2) is 46.9 Å². The fourth-order valence-electron chi connectivity index (χ4n) is 1.90. The molecule has 2 N–H and O–H groups in total. The number of rotatable bonds is 2. The molecule has 20 heavy (non-hydrogen) atoms. The zero-order chi connectivity index (χ0) is 14.1. The van der Waals surface area contributed by atoms with Crippen molar-refractivity contribution in [1.29, 1.82) is 0 Å². The number of halogens is 2. The van der Waals surface area contributed by atoms with Gasteiger partial charge in [-0.25, -0.2) is 4.98 Å². The predicted octanol–water partition coefficient (Wildman–Crippen LogP) is 4.23. The van der Waals surface area contributed by atoms with Crippen molar-refractivity contribution in [1.82, 2.24) is 9.97 Å². The molecule has 0 saturated heterocycles. The SMILES string of the molecule is O=C(Nc1ccc2nc(Cl)[nH]c2c1)c1ccccc1Br. The third-order valence-electron chi connectivity index (χ3n) is 2.83. The molecular formula is C14H9BrClN3O. The van der Waals surface area contributed by atoms with E-state index in [4.69, 9.17) is 11.6 Å². The van der Waals surface area contributed by atoms with E-state index < -0.39 is 0 Å². The Balaban J connectivity index is 1.89. The average Bonchev–Trinajstić information content (AvgIpc) is 2.78. The second-order valence-corrected chi connectivity index (χ2v) is 5.41. The van der Waals surface area contributed by atoms with Gasteiger partial charge in [-0.05, 0) is 57.9 Å². The van der Waals surface area contributed by atoms with Crippen molar-refractivity contribution in [2.45, 2.75) is 0 Å². The molecule has 2 aromatic carbocycles. The highest BCUT2D eigenvalue weighted by Crippen LogP contribution is 2.21. The van der Waals surface area contributed by atoms with Crippen molar-refractivity contribution in [3.8, 4) is 0 Å². The van der Waals surface area contributed by atoms with Crippen molar-refractivity contribution >= 4 is 50.2 Å². The maximum absolute atomic E-state index is 12.2. The van der Waals surface area contributed by atoms with Crippen LogP contribution in [0.4, 0.5) is 5.69 Å². The van der Waals surface area contributed by atoms with Gasteiger partial charge in [-0.15, -0.1) is 0 Å². The minimum Gasteiger partial charge on any atom is -0.329 e. The highest BCUT2D eigenvalue weighted by atomic mass is 79.9. The maximum Gasteiger partial charge on any atom is 0.256 e. The number of carbonyl (C=O) groups excluding carboxylic acids is 1. The fourth-order valence-corrected chi connectivity index (χ4v) is 2.56. The predicted molar refractivity (Wildman–Crippen MR) is 83.2 cm³/mol. The quantitative estimate of drug-likeness (QED) is 0.726. The lowest BCUT2D eigenvalue weighted by Gasteiger charge is -2.06. The van der Waals surface area contributed by atoms with Crippen molar-refractivity contribution < 1.29 is 4.79 Å². The number of imidazole rings is 1. The van der Waals surface area contributed by atoms with E-state index in [1.807, 2.05) is 18.2 Å². The molecule has 0 fully saturated rings. The molecule has 0 spiro atoms. The Hall–Kier alpha value is -1.85. The van der Waals surface area contributed by atoms with Crippen molar-refractivity contribution in [3.63, 3.8) is 0 Å². The molecule has 0 saturated carbocycles. The summed E-state index contributed by atoms with van der Waals surface area (Å²) in [5.74, 6) is -0.178. The first-order valence-corrected chi connectivity index (χ1v) is 7.02. The van der Waals surface area contributed by atoms with Gasteiger partial charge in [0, 0.05) is 10.2 Å². The lowest BCUT2D eigenvalue weighted by atomic mass is 10.2. The molecule has 0 bridgehead atoms. The standard InChI is InChI=1S/C14H9BrClN3O/c15-10-4-2-1-3-9(10)13(20)17-8-5-6-11-12(7-8)19-14(16)18-11/h1-7H,(H,17,20)(H,18,19). The first kappa shape index (κ1) is 13.1. The Bertz CT molecular complexity index is 800. The molecule has 3 aromatic rings. The molecule has 3 rings (SSSR count). The molecule has 100 valence electrons. The summed E-state index contributed by atoms with van der Waals surface area (Å²) >= 11 is 9.16. The van der Waals surface area contributed by atoms with Crippen LogP contribution in [0.2, 0.25) is 5.28 Å². The first-order chi connectivity index (χ1) is 9.63. The van der Waals surface area contributed by atoms with Crippen LogP contribution in [0.5, 0.6) is 0 Å². The Morgan fingerprint density at radius 3 is 2.85 bits per heavy atom. The smallest absolute Gasteiger partial charge is 0.256 e. The molecule has 0 radical (unpaired) electrons. The number of anilines is 1. The summed E-state index contributed by atoms with van der Waals surface area (Å²) in [5, 5.41) is 3.17. The van der Waals surface area contributed by atoms with Gasteiger partial charge in [0.05, 0.1) is 16.6 Å². The number of aromatic amines is 1. The number of amides is 1. The minimum absolute atomic E-state index is 0.178. The molecular weight excluding hydrogens is 342 g/mol. The van der Waals surface area contributed by atoms with Crippen LogP contribution in [-0.4, -0.2) is 15.9 Å². The number of hydrogen-bond donors (Lipinski definition) is 2. The van der Waals surface area contributed by atoms with Gasteiger partial charge < -0.3 is 10.3 Å². The van der Waals surface area contributed by atoms with Crippen LogP contribution in [0.25, 0.3) is 11.0 Å². The number of aromatic nitrogens is 2. The van der Waals surface area contributed by atoms with Gasteiger partial charge in [-0.2, -0.15) is 0 Å². The maximum atomic E-state index is 12.2. The molecule has 0 aliphatic rings. The second-order valence-electron chi connectivity index (χ2n) is 4.19. The number of carbonyl (C=O) groups is 1. The van der Waals surface area contributed by atoms with Crippen molar-refractivity contribution in [2.75, 3.05) is 5.32 Å². The van der Waals surface area contributed by atoms with Gasteiger partial charge >= 0.3 is 0 Å². The summed E-state index contributed by atoms with van der Waals surface area (Å²) in [5.41, 5.74) is 2.79. The molecule has 0 unspecified atom stereocenters. The van der Waals surface area contributed by atoms with E-state index in [0.29, 0.717) is 16.5 Å². The van der Waals surface area contributed by atoms with Crippen LogP contribution in [0.3, 0.4) is 0 Å². The van der Waals surface area contributed by atoms with Crippen molar-refractivity contribution in [3.05, 3.63) is 57.8 Å². The number of hydrogen-bond acceptors (Lipinski definition) is 2. The first-order valence-electron chi connectivity index (χ1n) is 5.84. The number of nitrogens with one attached hydrogen (secondary N) is 2. The van der Waals surface area contributed by atoms with Crippen LogP contribution in [0, 0.1) is 0 Å². The van der Waals surface area contributed by atoms with Gasteiger partial charge in [0.15, 0.2) is 0 Å². The topological polar surface area (TPSA) is 57.8 Å². The minimum atomic E-state index is -0.178. The van der Waals surface area contributed by atoms with E-state index in [1.54, 1.807) is 24.3 Å². The zero-order valence-electron chi connectivity index (χ0n) is 10.2. The Kier molecular flexibility index (Phi) is 3.46. The van der Waals surface area contributed by atoms with Crippen LogP contribution in [-0.2, 0) is 0 Å². The summed E-state index contributed by atoms with van der Waals surface area (Å²) in [6.07, 6.45) is 0. The van der Waals surface area contributed by atoms with Gasteiger partial charge in [-0.1, -0.05) is 12.1 Å². The lowest BCUT2D eigenvalue weighted by molar-refractivity contribution is 0.102. The summed E-state index contributed by atoms with van der Waals surface area (Å²) in [6, 6.07) is 12.6. The fraction of sp³-hybridized carbons (Fsp3) is 0. The van der Waals surface area contributed by atoms with Gasteiger partial charge in [0.2, 0.25) is 5.28 Å². The molecule has 0 aliphatic carbocycles. The Morgan fingerprint density at radius 1 is 1.25 bits per heavy atom. The third kappa shape index (κ3) is 2.55. The second kappa shape index (κ2) is 5.26. The molecule has 1 heterocycles. The van der Waals surface area contributed by atoms with Gasteiger partial charge in [0.25, 0.3) is 5.91 Å². The number of benzene rings is 2. The molecule has 1 aromatic heterocycles. The van der Waals surface area contributed by atoms with Gasteiger partial charge in [-0.3, -0.25) is 4.79 Å². The van der Waals surface area contributed by atoms with E-state index in [9.17, 15) is 4.79 Å². The highest BCUT2D eigenvalue weighted by Gasteiger charge is 2.10. The van der Waals surface area contributed by atoms with Crippen molar-refractivity contribution in [2.24, 2.45) is 0 Å². The Morgan fingerprint density at radius 2 is 2.05 bits per heavy atom. The number of nitrogens with zero attached hydrogens (tertiary/aromatic N) is 1. The normalized spacial score (nSPS) is 10.7. The third-order valence-corrected chi connectivity index (χ3v) is 3.70. The summed E-state index contributed by atoms with van der Waals surface area (Å²) in [4.78, 5) is 19.2. The number of fused-ring (bicyclic) bond motifs is 1. The summed E-state index contributed by atoms with van der Waals surface area (Å²) in [6.45, 7) is 0. The van der Waals surface area contributed by atoms with Crippen LogP contribution < -0.4 is 5.32 Å². The van der Waals surface area contributed by atoms with E-state index in [-0.39, 0.29) is 5.91 Å². The lowest BCUT2D eigenvalue weighted by Crippen LogP contribution is -2.12. The van der Waals surface area contributed by atoms with Gasteiger partial charge in [0.1, 0.15) is 0 Å². The van der Waals surface area contributed by atoms with Crippen LogP contribution in [0.1, 0.15) is 10.4 Å². The highest BCUT2D eigenvalue weighted by molar-refractivity contribution is 9.10. The summed E-state index contributed by atoms with van der Waals surface area (Å²) in [7, 11) is 0. The van der Waals surface area contributed by atoms with E-state index in [0.717, 1.165) is 15.5 Å². The average molecular weight is 351 g/mol. The van der Waals surface area contributed by atoms with E-state index >= 15 is 0 Å².